The van der Waals surface area contributed by atoms with E-state index in [2.05, 4.69) is 25.5 Å². The first kappa shape index (κ1) is 14.8. The van der Waals surface area contributed by atoms with E-state index in [1.165, 1.54) is 6.33 Å². The van der Waals surface area contributed by atoms with Crippen molar-refractivity contribution in [3.63, 3.8) is 0 Å². The molecule has 2 aromatic heterocycles. The molecule has 1 aliphatic rings. The van der Waals surface area contributed by atoms with Crippen LogP contribution in [0.3, 0.4) is 0 Å². The molecule has 122 valence electrons. The minimum atomic E-state index is -0.313. The van der Waals surface area contributed by atoms with Crippen LogP contribution in [-0.2, 0) is 0 Å². The molecule has 0 saturated heterocycles. The zero-order valence-corrected chi connectivity index (χ0v) is 12.9. The molecule has 0 unspecified atom stereocenters. The van der Waals surface area contributed by atoms with E-state index < -0.39 is 0 Å². The van der Waals surface area contributed by atoms with Crippen LogP contribution < -0.4 is 5.32 Å². The summed E-state index contributed by atoms with van der Waals surface area (Å²) >= 11 is 0. The standard InChI is InChI=1S/C17H17N5O2/c23-13-6-11(7-13)15(21-17(24)16-19-9-20-22-16)12-5-10-3-1-2-4-14(10)18-8-12/h1-5,8-9,11,13,15,23H,6-7H2,(H,21,24)(H,19,20,22)/t11?,13?,15-/m0/s1. The van der Waals surface area contributed by atoms with Crippen molar-refractivity contribution in [3.05, 3.63) is 54.2 Å². The molecule has 7 heteroatoms. The Hall–Kier alpha value is -2.80. The third-order valence-electron chi connectivity index (χ3n) is 4.51. The lowest BCUT2D eigenvalue weighted by Crippen LogP contribution is -2.41. The quantitative estimate of drug-likeness (QED) is 0.676. The van der Waals surface area contributed by atoms with Gasteiger partial charge in [-0.3, -0.25) is 14.9 Å². The van der Waals surface area contributed by atoms with Crippen LogP contribution in [0.5, 0.6) is 0 Å². The van der Waals surface area contributed by atoms with Crippen LogP contribution in [0.15, 0.2) is 42.9 Å². The molecule has 0 bridgehead atoms. The van der Waals surface area contributed by atoms with Gasteiger partial charge in [-0.05, 0) is 36.5 Å². The molecule has 1 atom stereocenters. The first-order valence-electron chi connectivity index (χ1n) is 7.89. The summed E-state index contributed by atoms with van der Waals surface area (Å²) in [4.78, 5) is 20.7. The number of pyridine rings is 1. The number of hydrogen-bond acceptors (Lipinski definition) is 5. The number of nitrogens with zero attached hydrogens (tertiary/aromatic N) is 3. The highest BCUT2D eigenvalue weighted by molar-refractivity contribution is 5.90. The molecule has 24 heavy (non-hydrogen) atoms. The van der Waals surface area contributed by atoms with Crippen LogP contribution in [-0.4, -0.2) is 37.3 Å². The lowest BCUT2D eigenvalue weighted by molar-refractivity contribution is 0.0234. The Morgan fingerprint density at radius 2 is 2.12 bits per heavy atom. The van der Waals surface area contributed by atoms with Gasteiger partial charge in [0.2, 0.25) is 5.82 Å². The summed E-state index contributed by atoms with van der Waals surface area (Å²) in [7, 11) is 0. The molecule has 1 aliphatic carbocycles. The summed E-state index contributed by atoms with van der Waals surface area (Å²) in [6, 6.07) is 9.68. The molecule has 7 nitrogen and oxygen atoms in total. The zero-order chi connectivity index (χ0) is 16.5. The maximum Gasteiger partial charge on any atom is 0.289 e. The molecule has 0 aliphatic heterocycles. The topological polar surface area (TPSA) is 104 Å². The highest BCUT2D eigenvalue weighted by Gasteiger charge is 2.36. The first-order valence-corrected chi connectivity index (χ1v) is 7.89. The van der Waals surface area contributed by atoms with Gasteiger partial charge in [0.1, 0.15) is 6.33 Å². The number of nitrogens with one attached hydrogen (secondary N) is 2. The number of aliphatic hydroxyl groups is 1. The average molecular weight is 323 g/mol. The molecule has 1 fully saturated rings. The Balaban J connectivity index is 1.65. The maximum absolute atomic E-state index is 12.4. The van der Waals surface area contributed by atoms with Crippen molar-refractivity contribution in [3.8, 4) is 0 Å². The van der Waals surface area contributed by atoms with Gasteiger partial charge in [-0.15, -0.1) is 0 Å². The van der Waals surface area contributed by atoms with E-state index in [0.717, 1.165) is 16.5 Å². The van der Waals surface area contributed by atoms with E-state index in [0.29, 0.717) is 12.8 Å². The fourth-order valence-electron chi connectivity index (χ4n) is 3.16. The molecule has 3 N–H and O–H groups in total. The second-order valence-electron chi connectivity index (χ2n) is 6.13. The van der Waals surface area contributed by atoms with Crippen molar-refractivity contribution >= 4 is 16.8 Å². The van der Waals surface area contributed by atoms with Gasteiger partial charge >= 0.3 is 0 Å². The summed E-state index contributed by atoms with van der Waals surface area (Å²) in [5, 5.41) is 19.9. The van der Waals surface area contributed by atoms with E-state index in [4.69, 9.17) is 0 Å². The zero-order valence-electron chi connectivity index (χ0n) is 12.9. The number of fused-ring (bicyclic) bond motifs is 1. The number of aliphatic hydroxyl groups excluding tert-OH is 1. The van der Waals surface area contributed by atoms with Crippen LogP contribution in [0.25, 0.3) is 10.9 Å². The third-order valence-corrected chi connectivity index (χ3v) is 4.51. The lowest BCUT2D eigenvalue weighted by atomic mass is 9.75. The smallest absolute Gasteiger partial charge is 0.289 e. The number of rotatable bonds is 4. The van der Waals surface area contributed by atoms with Crippen LogP contribution in [0.1, 0.15) is 35.1 Å². The Morgan fingerprint density at radius 1 is 1.29 bits per heavy atom. The van der Waals surface area contributed by atoms with E-state index in [1.807, 2.05) is 30.3 Å². The van der Waals surface area contributed by atoms with Gasteiger partial charge in [0.25, 0.3) is 5.91 Å². The van der Waals surface area contributed by atoms with Crippen LogP contribution in [0, 0.1) is 5.92 Å². The van der Waals surface area contributed by atoms with Crippen molar-refractivity contribution in [1.82, 2.24) is 25.5 Å². The predicted molar refractivity (Wildman–Crippen MR) is 87.1 cm³/mol. The summed E-state index contributed by atoms with van der Waals surface area (Å²) in [5.74, 6) is 0.0375. The molecule has 3 aromatic rings. The Bertz CT molecular complexity index is 858. The molecule has 2 heterocycles. The summed E-state index contributed by atoms with van der Waals surface area (Å²) in [6.07, 6.45) is 4.11. The Morgan fingerprint density at radius 3 is 2.88 bits per heavy atom. The van der Waals surface area contributed by atoms with Crippen molar-refractivity contribution in [2.45, 2.75) is 25.0 Å². The maximum atomic E-state index is 12.4. The largest absolute Gasteiger partial charge is 0.393 e. The van der Waals surface area contributed by atoms with Crippen LogP contribution in [0.4, 0.5) is 0 Å². The van der Waals surface area contributed by atoms with Crippen molar-refractivity contribution in [2.24, 2.45) is 5.92 Å². The Kier molecular flexibility index (Phi) is 3.70. The molecule has 1 aromatic carbocycles. The molecule has 0 radical (unpaired) electrons. The lowest BCUT2D eigenvalue weighted by Gasteiger charge is -2.38. The van der Waals surface area contributed by atoms with E-state index in [-0.39, 0.29) is 29.8 Å². The minimum Gasteiger partial charge on any atom is -0.393 e. The number of amides is 1. The highest BCUT2D eigenvalue weighted by Crippen LogP contribution is 2.38. The fourth-order valence-corrected chi connectivity index (χ4v) is 3.16. The number of para-hydroxylation sites is 1. The number of aromatic amines is 1. The van der Waals surface area contributed by atoms with Crippen LogP contribution in [0.2, 0.25) is 0 Å². The molecule has 1 amide bonds. The van der Waals surface area contributed by atoms with Crippen molar-refractivity contribution in [2.75, 3.05) is 0 Å². The number of aromatic nitrogens is 4. The molecular formula is C17H17N5O2. The number of benzene rings is 1. The van der Waals surface area contributed by atoms with Gasteiger partial charge in [-0.2, -0.15) is 5.10 Å². The van der Waals surface area contributed by atoms with Gasteiger partial charge in [-0.1, -0.05) is 18.2 Å². The number of hydrogen-bond donors (Lipinski definition) is 3. The van der Waals surface area contributed by atoms with Gasteiger partial charge < -0.3 is 10.4 Å². The monoisotopic (exact) mass is 323 g/mol. The number of H-pyrrole nitrogens is 1. The second-order valence-corrected chi connectivity index (χ2v) is 6.13. The second kappa shape index (κ2) is 6.01. The van der Waals surface area contributed by atoms with Gasteiger partial charge in [0.15, 0.2) is 0 Å². The fraction of sp³-hybridized carbons (Fsp3) is 0.294. The van der Waals surface area contributed by atoms with Gasteiger partial charge in [0, 0.05) is 11.6 Å². The number of carbonyl (C=O) groups is 1. The third kappa shape index (κ3) is 2.74. The molecule has 0 spiro atoms. The van der Waals surface area contributed by atoms with E-state index in [1.54, 1.807) is 6.20 Å². The van der Waals surface area contributed by atoms with Gasteiger partial charge in [-0.25, -0.2) is 4.98 Å². The molecule has 1 saturated carbocycles. The van der Waals surface area contributed by atoms with Crippen LogP contribution >= 0.6 is 0 Å². The van der Waals surface area contributed by atoms with E-state index >= 15 is 0 Å². The van der Waals surface area contributed by atoms with Crippen molar-refractivity contribution in [1.29, 1.82) is 0 Å². The summed E-state index contributed by atoms with van der Waals surface area (Å²) < 4.78 is 0. The predicted octanol–water partition coefficient (Wildman–Crippen LogP) is 1.59. The summed E-state index contributed by atoms with van der Waals surface area (Å²) in [5.41, 5.74) is 1.84. The van der Waals surface area contributed by atoms with E-state index in [9.17, 15) is 9.90 Å². The normalized spacial score (nSPS) is 21.2. The summed E-state index contributed by atoms with van der Waals surface area (Å²) in [6.45, 7) is 0. The van der Waals surface area contributed by atoms with Crippen molar-refractivity contribution < 1.29 is 9.90 Å². The average Bonchev–Trinajstić information content (AvgIpc) is 3.11. The minimum absolute atomic E-state index is 0.175. The van der Waals surface area contributed by atoms with Gasteiger partial charge in [0.05, 0.1) is 17.7 Å². The molecular weight excluding hydrogens is 306 g/mol. The molecule has 4 rings (SSSR count). The number of carbonyl (C=O) groups excluding carboxylic acids is 1. The Labute approximate surface area is 138 Å². The highest BCUT2D eigenvalue weighted by atomic mass is 16.3. The SMILES string of the molecule is O=C(N[C@H](c1cnc2ccccc2c1)C1CC(O)C1)c1ncn[nH]1. The first-order chi connectivity index (χ1) is 11.7.